The van der Waals surface area contributed by atoms with Gasteiger partial charge < -0.3 is 10.8 Å². The summed E-state index contributed by atoms with van der Waals surface area (Å²) in [6.07, 6.45) is 12.3. The molecule has 3 unspecified atom stereocenters. The molecule has 0 heterocycles. The maximum absolute atomic E-state index is 11.3. The summed E-state index contributed by atoms with van der Waals surface area (Å²) in [4.78, 5) is 0. The Morgan fingerprint density at radius 1 is 1.03 bits per heavy atom. The molecule has 1 aromatic carbocycles. The Kier molecular flexibility index (Phi) is 5.29. The summed E-state index contributed by atoms with van der Waals surface area (Å²) in [5, 5.41) is 15.0. The third-order valence-electron chi connectivity index (χ3n) is 9.59. The van der Waals surface area contributed by atoms with E-state index >= 15 is 0 Å². The van der Waals surface area contributed by atoms with Crippen molar-refractivity contribution in [2.45, 2.75) is 88.8 Å². The highest BCUT2D eigenvalue weighted by molar-refractivity contribution is 5.31. The molecule has 0 aliphatic heterocycles. The zero-order chi connectivity index (χ0) is 20.1. The van der Waals surface area contributed by atoms with Crippen LogP contribution in [-0.4, -0.2) is 23.9 Å². The monoisotopic (exact) mass is 396 g/mol. The SMILES string of the molecule is CCC12CC3CC(c4ccccc4)(CC(C1)C3C(O)NC1CCC(CN)CC1)C2. The van der Waals surface area contributed by atoms with E-state index in [1.807, 2.05) is 0 Å². The first-order chi connectivity index (χ1) is 14.1. The number of benzene rings is 1. The second-order valence-electron chi connectivity index (χ2n) is 11.2. The lowest BCUT2D eigenvalue weighted by Gasteiger charge is -2.66. The summed E-state index contributed by atoms with van der Waals surface area (Å²) >= 11 is 0. The van der Waals surface area contributed by atoms with E-state index in [9.17, 15) is 5.11 Å². The zero-order valence-corrected chi connectivity index (χ0v) is 18.2. The van der Waals surface area contributed by atoms with Crippen molar-refractivity contribution in [1.29, 1.82) is 0 Å². The molecule has 3 atom stereocenters. The van der Waals surface area contributed by atoms with Crippen LogP contribution in [0.2, 0.25) is 0 Å². The van der Waals surface area contributed by atoms with Gasteiger partial charge in [-0.2, -0.15) is 0 Å². The molecule has 0 aromatic heterocycles. The molecule has 0 amide bonds. The molecule has 0 spiro atoms. The van der Waals surface area contributed by atoms with Gasteiger partial charge in [-0.3, -0.25) is 5.32 Å². The van der Waals surface area contributed by atoms with Gasteiger partial charge in [0, 0.05) is 12.0 Å². The van der Waals surface area contributed by atoms with E-state index in [4.69, 9.17) is 5.73 Å². The fourth-order valence-electron chi connectivity index (χ4n) is 8.34. The van der Waals surface area contributed by atoms with Crippen LogP contribution in [0.5, 0.6) is 0 Å². The lowest BCUT2D eigenvalue weighted by atomic mass is 9.39. The molecular formula is C26H40N2O. The van der Waals surface area contributed by atoms with Gasteiger partial charge in [0.15, 0.2) is 0 Å². The van der Waals surface area contributed by atoms with Crippen molar-refractivity contribution in [3.8, 4) is 0 Å². The quantitative estimate of drug-likeness (QED) is 0.617. The summed E-state index contributed by atoms with van der Waals surface area (Å²) in [7, 11) is 0. The van der Waals surface area contributed by atoms with Gasteiger partial charge >= 0.3 is 0 Å². The summed E-state index contributed by atoms with van der Waals surface area (Å²) in [5.41, 5.74) is 8.30. The summed E-state index contributed by atoms with van der Waals surface area (Å²) in [6.45, 7) is 3.23. The maximum Gasteiger partial charge on any atom is 0.108 e. The number of hydrogen-bond donors (Lipinski definition) is 3. The van der Waals surface area contributed by atoms with E-state index in [2.05, 4.69) is 42.6 Å². The van der Waals surface area contributed by atoms with Crippen LogP contribution in [0.3, 0.4) is 0 Å². The van der Waals surface area contributed by atoms with Gasteiger partial charge in [0.2, 0.25) is 0 Å². The molecule has 4 N–H and O–H groups in total. The number of nitrogens with one attached hydrogen (secondary N) is 1. The van der Waals surface area contributed by atoms with Gasteiger partial charge in [0.05, 0.1) is 0 Å². The standard InChI is InChI=1S/C26H40N2O/c1-2-25-12-19-14-26(17-25,21-6-4-3-5-7-21)15-20(13-25)23(19)24(29)28-22-10-8-18(16-27)9-11-22/h3-7,18-20,22-24,28-29H,2,8-17,27H2,1H3. The highest BCUT2D eigenvalue weighted by atomic mass is 16.3. The van der Waals surface area contributed by atoms with Crippen molar-refractivity contribution >= 4 is 0 Å². The Bertz CT molecular complexity index is 680. The van der Waals surface area contributed by atoms with Crippen molar-refractivity contribution in [2.75, 3.05) is 6.54 Å². The van der Waals surface area contributed by atoms with Gasteiger partial charge in [-0.15, -0.1) is 0 Å². The maximum atomic E-state index is 11.3. The van der Waals surface area contributed by atoms with Crippen LogP contribution in [0.15, 0.2) is 30.3 Å². The Hall–Kier alpha value is -0.900. The molecule has 29 heavy (non-hydrogen) atoms. The lowest BCUT2D eigenvalue weighted by Crippen LogP contribution is -2.62. The van der Waals surface area contributed by atoms with Crippen LogP contribution in [-0.2, 0) is 5.41 Å². The van der Waals surface area contributed by atoms with Gasteiger partial charge in [-0.25, -0.2) is 0 Å². The molecule has 6 rings (SSSR count). The first-order valence-corrected chi connectivity index (χ1v) is 12.3. The largest absolute Gasteiger partial charge is 0.378 e. The summed E-state index contributed by atoms with van der Waals surface area (Å²) < 4.78 is 0. The Balaban J connectivity index is 1.33. The first kappa shape index (κ1) is 20.0. The number of nitrogens with two attached hydrogens (primary N) is 1. The molecule has 5 aliphatic carbocycles. The van der Waals surface area contributed by atoms with E-state index in [-0.39, 0.29) is 6.23 Å². The third kappa shape index (κ3) is 3.47. The van der Waals surface area contributed by atoms with E-state index in [0.717, 1.165) is 6.54 Å². The van der Waals surface area contributed by atoms with E-state index in [1.54, 1.807) is 5.56 Å². The highest BCUT2D eigenvalue weighted by Gasteiger charge is 2.62. The molecule has 5 aliphatic rings. The predicted octanol–water partition coefficient (Wildman–Crippen LogP) is 4.59. The van der Waals surface area contributed by atoms with Crippen LogP contribution >= 0.6 is 0 Å². The molecule has 3 heteroatoms. The minimum absolute atomic E-state index is 0.328. The summed E-state index contributed by atoms with van der Waals surface area (Å²) in [5.74, 6) is 2.47. The Morgan fingerprint density at radius 3 is 2.28 bits per heavy atom. The molecule has 4 bridgehead atoms. The number of aliphatic hydroxyl groups excluding tert-OH is 1. The average Bonchev–Trinajstić information content (AvgIpc) is 2.74. The molecule has 1 aromatic rings. The molecule has 5 saturated carbocycles. The molecule has 0 radical (unpaired) electrons. The normalized spacial score (nSPS) is 44.7. The van der Waals surface area contributed by atoms with E-state index < -0.39 is 0 Å². The van der Waals surface area contributed by atoms with Gasteiger partial charge in [-0.05, 0) is 98.5 Å². The van der Waals surface area contributed by atoms with Gasteiger partial charge in [0.1, 0.15) is 6.23 Å². The first-order valence-electron chi connectivity index (χ1n) is 12.3. The van der Waals surface area contributed by atoms with E-state index in [1.165, 1.54) is 64.2 Å². The zero-order valence-electron chi connectivity index (χ0n) is 18.2. The number of aliphatic hydroxyl groups is 1. The van der Waals surface area contributed by atoms with Crippen LogP contribution in [0, 0.1) is 29.1 Å². The molecule has 5 fully saturated rings. The topological polar surface area (TPSA) is 58.3 Å². The second-order valence-corrected chi connectivity index (χ2v) is 11.2. The smallest absolute Gasteiger partial charge is 0.108 e. The van der Waals surface area contributed by atoms with Crippen molar-refractivity contribution < 1.29 is 5.11 Å². The van der Waals surface area contributed by atoms with Crippen molar-refractivity contribution in [3.05, 3.63) is 35.9 Å². The number of rotatable bonds is 6. The second kappa shape index (κ2) is 7.66. The Morgan fingerprint density at radius 2 is 1.69 bits per heavy atom. The van der Waals surface area contributed by atoms with Crippen molar-refractivity contribution in [2.24, 2.45) is 34.8 Å². The van der Waals surface area contributed by atoms with Crippen molar-refractivity contribution in [1.82, 2.24) is 5.32 Å². The lowest BCUT2D eigenvalue weighted by molar-refractivity contribution is -0.152. The van der Waals surface area contributed by atoms with Crippen LogP contribution in [0.1, 0.15) is 76.7 Å². The van der Waals surface area contributed by atoms with E-state index in [0.29, 0.717) is 40.5 Å². The highest BCUT2D eigenvalue weighted by Crippen LogP contribution is 2.68. The van der Waals surface area contributed by atoms with Crippen LogP contribution < -0.4 is 11.1 Å². The molecule has 160 valence electrons. The van der Waals surface area contributed by atoms with Crippen molar-refractivity contribution in [3.63, 3.8) is 0 Å². The minimum Gasteiger partial charge on any atom is -0.378 e. The van der Waals surface area contributed by atoms with Crippen LogP contribution in [0.25, 0.3) is 0 Å². The fourth-order valence-corrected chi connectivity index (χ4v) is 8.34. The minimum atomic E-state index is -0.328. The fraction of sp³-hybridized carbons (Fsp3) is 0.769. The van der Waals surface area contributed by atoms with Gasteiger partial charge in [-0.1, -0.05) is 43.7 Å². The van der Waals surface area contributed by atoms with Gasteiger partial charge in [0.25, 0.3) is 0 Å². The third-order valence-corrected chi connectivity index (χ3v) is 9.59. The molecular weight excluding hydrogens is 356 g/mol. The average molecular weight is 397 g/mol. The molecule has 3 nitrogen and oxygen atoms in total. The molecule has 0 saturated heterocycles. The summed E-state index contributed by atoms with van der Waals surface area (Å²) in [6, 6.07) is 11.8. The predicted molar refractivity (Wildman–Crippen MR) is 118 cm³/mol. The Labute approximate surface area is 176 Å². The number of hydrogen-bond acceptors (Lipinski definition) is 3. The van der Waals surface area contributed by atoms with Crippen LogP contribution in [0.4, 0.5) is 0 Å².